The Kier molecular flexibility index (Phi) is 4.34. The van der Waals surface area contributed by atoms with Crippen molar-refractivity contribution < 1.29 is 12.8 Å². The maximum Gasteiger partial charge on any atom is 0.261 e. The predicted octanol–water partition coefficient (Wildman–Crippen LogP) is 2.06. The van der Waals surface area contributed by atoms with E-state index in [0.29, 0.717) is 11.4 Å². The zero-order valence-corrected chi connectivity index (χ0v) is 12.0. The number of aromatic nitrogens is 1. The van der Waals surface area contributed by atoms with Crippen LogP contribution < -0.4 is 4.72 Å². The van der Waals surface area contributed by atoms with Crippen molar-refractivity contribution in [2.24, 2.45) is 5.92 Å². The molecule has 7 heteroatoms. The molecule has 0 aliphatic heterocycles. The minimum absolute atomic E-state index is 0.256. The van der Waals surface area contributed by atoms with Gasteiger partial charge in [0.05, 0.1) is 0 Å². The fourth-order valence-electron chi connectivity index (χ4n) is 2.08. The molecule has 0 bridgehead atoms. The Bertz CT molecular complexity index is 524. The molecule has 2 atom stereocenters. The van der Waals surface area contributed by atoms with Crippen LogP contribution in [0.15, 0.2) is 23.4 Å². The van der Waals surface area contributed by atoms with E-state index in [4.69, 9.17) is 0 Å². The number of pyridine rings is 1. The van der Waals surface area contributed by atoms with Gasteiger partial charge >= 0.3 is 0 Å². The quantitative estimate of drug-likeness (QED) is 0.856. The van der Waals surface area contributed by atoms with Crippen molar-refractivity contribution in [3.63, 3.8) is 0 Å². The first-order valence-electron chi connectivity index (χ1n) is 5.75. The molecule has 0 amide bonds. The number of nitrogens with zero attached hydrogens (tertiary/aromatic N) is 1. The molecule has 0 radical (unpaired) electrons. The second-order valence-electron chi connectivity index (χ2n) is 4.35. The third-order valence-electron chi connectivity index (χ3n) is 3.08. The van der Waals surface area contributed by atoms with Crippen LogP contribution in [0.2, 0.25) is 0 Å². The van der Waals surface area contributed by atoms with Crippen LogP contribution in [0.5, 0.6) is 0 Å². The summed E-state index contributed by atoms with van der Waals surface area (Å²) in [6.07, 6.45) is 4.37. The summed E-state index contributed by atoms with van der Waals surface area (Å²) in [6.45, 7) is 0.314. The number of sulfonamides is 1. The maximum absolute atomic E-state index is 13.4. The van der Waals surface area contributed by atoms with E-state index in [1.807, 2.05) is 0 Å². The van der Waals surface area contributed by atoms with Crippen molar-refractivity contribution >= 4 is 26.0 Å². The third-order valence-corrected chi connectivity index (χ3v) is 5.64. The van der Waals surface area contributed by atoms with Gasteiger partial charge in [0, 0.05) is 17.6 Å². The summed E-state index contributed by atoms with van der Waals surface area (Å²) in [6, 6.07) is 2.45. The van der Waals surface area contributed by atoms with Gasteiger partial charge in [-0.2, -0.15) is 0 Å². The Balaban J connectivity index is 2.06. The van der Waals surface area contributed by atoms with Crippen LogP contribution in [-0.4, -0.2) is 24.8 Å². The van der Waals surface area contributed by atoms with Crippen molar-refractivity contribution in [1.82, 2.24) is 9.71 Å². The van der Waals surface area contributed by atoms with E-state index in [1.54, 1.807) is 0 Å². The maximum atomic E-state index is 13.4. The van der Waals surface area contributed by atoms with Crippen LogP contribution in [-0.2, 0) is 10.0 Å². The summed E-state index contributed by atoms with van der Waals surface area (Å²) in [5.74, 6) is -0.571. The average molecular weight is 337 g/mol. The largest absolute Gasteiger partial charge is 0.261 e. The van der Waals surface area contributed by atoms with Gasteiger partial charge in [0.2, 0.25) is 5.03 Å². The zero-order valence-electron chi connectivity index (χ0n) is 9.64. The fraction of sp³-hybridized carbons (Fsp3) is 0.545. The Labute approximate surface area is 114 Å². The number of hydrogen-bond acceptors (Lipinski definition) is 3. The Hall–Kier alpha value is -0.530. The average Bonchev–Trinajstić information content (AvgIpc) is 2.73. The molecule has 1 N–H and O–H groups in total. The van der Waals surface area contributed by atoms with Crippen molar-refractivity contribution in [3.8, 4) is 0 Å². The number of nitrogens with one attached hydrogen (secondary N) is 1. The first kappa shape index (κ1) is 13.9. The van der Waals surface area contributed by atoms with Crippen molar-refractivity contribution in [2.45, 2.75) is 29.1 Å². The zero-order chi connectivity index (χ0) is 13.2. The minimum atomic E-state index is -3.86. The van der Waals surface area contributed by atoms with Gasteiger partial charge in [-0.15, -0.1) is 0 Å². The van der Waals surface area contributed by atoms with Gasteiger partial charge in [-0.3, -0.25) is 0 Å². The molecule has 2 rings (SSSR count). The van der Waals surface area contributed by atoms with Crippen molar-refractivity contribution in [2.75, 3.05) is 6.54 Å². The summed E-state index contributed by atoms with van der Waals surface area (Å²) >= 11 is 3.52. The van der Waals surface area contributed by atoms with Crippen LogP contribution >= 0.6 is 15.9 Å². The number of alkyl halides is 1. The molecule has 2 unspecified atom stereocenters. The molecule has 1 aromatic heterocycles. The lowest BCUT2D eigenvalue weighted by atomic mass is 10.1. The molecular weight excluding hydrogens is 323 g/mol. The number of halogens is 2. The SMILES string of the molecule is O=S(=O)(NCC1CCCC1Br)c1ncccc1F. The first-order chi connectivity index (χ1) is 8.50. The minimum Gasteiger partial charge on any atom is -0.241 e. The highest BCUT2D eigenvalue weighted by Gasteiger charge is 2.27. The van der Waals surface area contributed by atoms with Crippen molar-refractivity contribution in [1.29, 1.82) is 0 Å². The summed E-state index contributed by atoms with van der Waals surface area (Å²) < 4.78 is 39.6. The lowest BCUT2D eigenvalue weighted by molar-refractivity contribution is 0.516. The second kappa shape index (κ2) is 5.63. The van der Waals surface area contributed by atoms with Crippen LogP contribution in [0.3, 0.4) is 0 Å². The molecule has 18 heavy (non-hydrogen) atoms. The molecule has 4 nitrogen and oxygen atoms in total. The molecular formula is C11H14BrFN2O2S. The van der Waals surface area contributed by atoms with Gasteiger partial charge in [-0.25, -0.2) is 22.5 Å². The van der Waals surface area contributed by atoms with Crippen LogP contribution in [0.4, 0.5) is 4.39 Å². The van der Waals surface area contributed by atoms with Gasteiger partial charge in [0.25, 0.3) is 10.0 Å². The monoisotopic (exact) mass is 336 g/mol. The first-order valence-corrected chi connectivity index (χ1v) is 8.15. The molecule has 100 valence electrons. The van der Waals surface area contributed by atoms with Crippen LogP contribution in [0.25, 0.3) is 0 Å². The summed E-state index contributed by atoms with van der Waals surface area (Å²) in [7, 11) is -3.86. The summed E-state index contributed by atoms with van der Waals surface area (Å²) in [5, 5.41) is -0.533. The van der Waals surface area contributed by atoms with Crippen LogP contribution in [0, 0.1) is 11.7 Å². The molecule has 0 spiro atoms. The highest BCUT2D eigenvalue weighted by molar-refractivity contribution is 9.09. The Morgan fingerprint density at radius 2 is 2.28 bits per heavy atom. The molecule has 0 aromatic carbocycles. The van der Waals surface area contributed by atoms with Gasteiger partial charge in [0.1, 0.15) is 0 Å². The Morgan fingerprint density at radius 1 is 1.50 bits per heavy atom. The summed E-state index contributed by atoms with van der Waals surface area (Å²) in [4.78, 5) is 3.90. The van der Waals surface area contributed by atoms with E-state index in [0.717, 1.165) is 25.3 Å². The van der Waals surface area contributed by atoms with Gasteiger partial charge in [-0.1, -0.05) is 22.4 Å². The number of rotatable bonds is 4. The van der Waals surface area contributed by atoms with E-state index in [9.17, 15) is 12.8 Å². The molecule has 1 aliphatic rings. The van der Waals surface area contributed by atoms with Crippen LogP contribution in [0.1, 0.15) is 19.3 Å². The number of hydrogen-bond donors (Lipinski definition) is 1. The lowest BCUT2D eigenvalue weighted by Crippen LogP contribution is -2.32. The topological polar surface area (TPSA) is 59.1 Å². The highest BCUT2D eigenvalue weighted by Crippen LogP contribution is 2.31. The predicted molar refractivity (Wildman–Crippen MR) is 69.4 cm³/mol. The van der Waals surface area contributed by atoms with Gasteiger partial charge < -0.3 is 0 Å². The fourth-order valence-corrected chi connectivity index (χ4v) is 3.95. The highest BCUT2D eigenvalue weighted by atomic mass is 79.9. The van der Waals surface area contributed by atoms with Crippen molar-refractivity contribution in [3.05, 3.63) is 24.1 Å². The third kappa shape index (κ3) is 3.07. The Morgan fingerprint density at radius 3 is 2.89 bits per heavy atom. The van der Waals surface area contributed by atoms with Gasteiger partial charge in [0.15, 0.2) is 5.82 Å². The molecule has 1 saturated carbocycles. The second-order valence-corrected chi connectivity index (χ2v) is 7.21. The molecule has 1 heterocycles. The lowest BCUT2D eigenvalue weighted by Gasteiger charge is -2.14. The van der Waals surface area contributed by atoms with Gasteiger partial charge in [-0.05, 0) is 30.9 Å². The smallest absolute Gasteiger partial charge is 0.241 e. The normalized spacial score (nSPS) is 24.3. The standard InChI is InChI=1S/C11H14BrFN2O2S/c12-9-4-1-3-8(9)7-15-18(16,17)11-10(13)5-2-6-14-11/h2,5-6,8-9,15H,1,3-4,7H2. The van der Waals surface area contributed by atoms with E-state index < -0.39 is 20.9 Å². The molecule has 1 aliphatic carbocycles. The van der Waals surface area contributed by atoms with E-state index in [-0.39, 0.29) is 5.92 Å². The molecule has 1 fully saturated rings. The molecule has 0 saturated heterocycles. The molecule has 1 aromatic rings. The van der Waals surface area contributed by atoms with E-state index in [1.165, 1.54) is 12.3 Å². The summed E-state index contributed by atoms with van der Waals surface area (Å²) in [5.41, 5.74) is 0. The van der Waals surface area contributed by atoms with E-state index in [2.05, 4.69) is 25.6 Å². The van der Waals surface area contributed by atoms with E-state index >= 15 is 0 Å².